The van der Waals surface area contributed by atoms with Crippen molar-refractivity contribution in [2.75, 3.05) is 0 Å². The van der Waals surface area contributed by atoms with E-state index in [2.05, 4.69) is 200 Å². The number of benzene rings is 8. The van der Waals surface area contributed by atoms with Gasteiger partial charge in [-0.05, 0) is 110 Å². The van der Waals surface area contributed by atoms with Gasteiger partial charge in [0.2, 0.25) is 0 Å². The Kier molecular flexibility index (Phi) is 7.44. The molecular formula is C55H37N3S. The number of rotatable bonds is 5. The SMILES string of the molecule is CC1(C)c2ccccc2-c2ccc(-c3ncc4sc5ccc(-c6cccc(-c7cccc8c7c7cc(-c9ccccc9)ccc7n8-c7ccccc7)c6)cc5c4n3)cc21. The zero-order valence-corrected chi connectivity index (χ0v) is 33.5. The molecule has 4 heteroatoms. The molecule has 1 aliphatic rings. The molecule has 0 amide bonds. The largest absolute Gasteiger partial charge is 0.309 e. The Labute approximate surface area is 346 Å². The molecule has 0 radical (unpaired) electrons. The normalized spacial score (nSPS) is 13.1. The second kappa shape index (κ2) is 12.9. The molecule has 0 spiro atoms. The minimum Gasteiger partial charge on any atom is -0.309 e. The lowest BCUT2D eigenvalue weighted by Crippen LogP contribution is -2.14. The second-order valence-electron chi connectivity index (χ2n) is 16.2. The lowest BCUT2D eigenvalue weighted by Gasteiger charge is -2.21. The Morgan fingerprint density at radius 2 is 1.12 bits per heavy atom. The lowest BCUT2D eigenvalue weighted by atomic mass is 9.82. The van der Waals surface area contributed by atoms with Crippen molar-refractivity contribution in [2.24, 2.45) is 0 Å². The Morgan fingerprint density at radius 3 is 2.00 bits per heavy atom. The van der Waals surface area contributed by atoms with Gasteiger partial charge >= 0.3 is 0 Å². The molecule has 0 saturated heterocycles. The third-order valence-electron chi connectivity index (χ3n) is 12.5. The average molecular weight is 772 g/mol. The standard InChI is InChI=1S/C55H37N3S/c1-55(2)46-21-10-9-19-42(46)43-26-23-39(32-47(43)55)54-56-33-51-53(57-54)45-31-37(25-28-50(45)59-51)35-15-11-16-38(29-35)41-20-12-22-49-52(41)44-30-36(34-13-5-3-6-14-34)24-27-48(44)58(49)40-17-7-4-8-18-40/h3-33H,1-2H3. The predicted octanol–water partition coefficient (Wildman–Crippen LogP) is 14.9. The van der Waals surface area contributed by atoms with E-state index in [1.165, 1.54) is 82.1 Å². The molecule has 8 aromatic carbocycles. The van der Waals surface area contributed by atoms with Crippen LogP contribution in [0.4, 0.5) is 0 Å². The van der Waals surface area contributed by atoms with E-state index in [0.717, 1.165) is 32.7 Å². The van der Waals surface area contributed by atoms with Crippen LogP contribution in [0, 0.1) is 0 Å². The van der Waals surface area contributed by atoms with E-state index in [1.54, 1.807) is 11.3 Å². The highest BCUT2D eigenvalue weighted by molar-refractivity contribution is 7.25. The third-order valence-corrected chi connectivity index (χ3v) is 13.6. The van der Waals surface area contributed by atoms with Crippen molar-refractivity contribution in [3.05, 3.63) is 199 Å². The van der Waals surface area contributed by atoms with Crippen LogP contribution in [0.2, 0.25) is 0 Å². The molecule has 3 heterocycles. The van der Waals surface area contributed by atoms with Gasteiger partial charge in [-0.15, -0.1) is 11.3 Å². The average Bonchev–Trinajstić information content (AvgIpc) is 3.91. The molecule has 12 rings (SSSR count). The van der Waals surface area contributed by atoms with E-state index >= 15 is 0 Å². The van der Waals surface area contributed by atoms with Gasteiger partial charge in [-0.3, -0.25) is 0 Å². The lowest BCUT2D eigenvalue weighted by molar-refractivity contribution is 0.660. The number of thiophene rings is 1. The Hall–Kier alpha value is -7.14. The summed E-state index contributed by atoms with van der Waals surface area (Å²) in [4.78, 5) is 10.2. The monoisotopic (exact) mass is 771 g/mol. The van der Waals surface area contributed by atoms with Crippen molar-refractivity contribution in [3.63, 3.8) is 0 Å². The fourth-order valence-electron chi connectivity index (χ4n) is 9.57. The summed E-state index contributed by atoms with van der Waals surface area (Å²) < 4.78 is 4.71. The molecule has 0 atom stereocenters. The number of aromatic nitrogens is 3. The van der Waals surface area contributed by atoms with Gasteiger partial charge in [0.05, 0.1) is 21.3 Å². The van der Waals surface area contributed by atoms with Crippen LogP contribution < -0.4 is 0 Å². The van der Waals surface area contributed by atoms with Crippen LogP contribution in [-0.4, -0.2) is 14.5 Å². The van der Waals surface area contributed by atoms with Gasteiger partial charge in [-0.1, -0.05) is 141 Å². The minimum atomic E-state index is -0.0832. The van der Waals surface area contributed by atoms with Crippen LogP contribution in [-0.2, 0) is 5.41 Å². The smallest absolute Gasteiger partial charge is 0.159 e. The fourth-order valence-corrected chi connectivity index (χ4v) is 10.6. The van der Waals surface area contributed by atoms with Crippen LogP contribution in [0.1, 0.15) is 25.0 Å². The van der Waals surface area contributed by atoms with E-state index in [4.69, 9.17) is 9.97 Å². The molecule has 0 unspecified atom stereocenters. The van der Waals surface area contributed by atoms with Gasteiger partial charge in [-0.2, -0.15) is 0 Å². The summed E-state index contributed by atoms with van der Waals surface area (Å²) in [6.45, 7) is 4.64. The molecule has 1 aliphatic carbocycles. The number of hydrogen-bond acceptors (Lipinski definition) is 3. The summed E-state index contributed by atoms with van der Waals surface area (Å²) in [6.07, 6.45) is 2.01. The molecule has 3 aromatic heterocycles. The summed E-state index contributed by atoms with van der Waals surface area (Å²) in [5.74, 6) is 0.761. The van der Waals surface area contributed by atoms with Crippen LogP contribution in [0.15, 0.2) is 188 Å². The van der Waals surface area contributed by atoms with Gasteiger partial charge < -0.3 is 4.57 Å². The van der Waals surface area contributed by atoms with Crippen molar-refractivity contribution in [1.29, 1.82) is 0 Å². The Balaban J connectivity index is 0.976. The first kappa shape index (κ1) is 33.9. The van der Waals surface area contributed by atoms with Gasteiger partial charge in [0, 0.05) is 43.7 Å². The maximum absolute atomic E-state index is 5.27. The third kappa shape index (κ3) is 5.26. The van der Waals surface area contributed by atoms with Crippen LogP contribution >= 0.6 is 11.3 Å². The Morgan fingerprint density at radius 1 is 0.458 bits per heavy atom. The first-order chi connectivity index (χ1) is 29.0. The fraction of sp³-hybridized carbons (Fsp3) is 0.0545. The number of fused-ring (bicyclic) bond motifs is 9. The summed E-state index contributed by atoms with van der Waals surface area (Å²) in [5, 5.41) is 3.65. The molecule has 0 fully saturated rings. The molecule has 0 saturated carbocycles. The summed E-state index contributed by atoms with van der Waals surface area (Å²) in [7, 11) is 0. The van der Waals surface area contributed by atoms with Crippen molar-refractivity contribution in [3.8, 4) is 61.6 Å². The summed E-state index contributed by atoms with van der Waals surface area (Å²) >= 11 is 1.76. The Bertz CT molecular complexity index is 3460. The zero-order valence-electron chi connectivity index (χ0n) is 32.6. The maximum atomic E-state index is 5.27. The van der Waals surface area contributed by atoms with E-state index in [-0.39, 0.29) is 5.41 Å². The number of para-hydroxylation sites is 1. The number of hydrogen-bond donors (Lipinski definition) is 0. The van der Waals surface area contributed by atoms with E-state index in [0.29, 0.717) is 0 Å². The van der Waals surface area contributed by atoms with Crippen LogP contribution in [0.25, 0.3) is 104 Å². The molecular weight excluding hydrogens is 735 g/mol. The molecule has 11 aromatic rings. The van der Waals surface area contributed by atoms with Crippen molar-refractivity contribution in [2.45, 2.75) is 19.3 Å². The molecule has 59 heavy (non-hydrogen) atoms. The van der Waals surface area contributed by atoms with Gasteiger partial charge in [0.15, 0.2) is 5.82 Å². The van der Waals surface area contributed by atoms with Crippen molar-refractivity contribution < 1.29 is 0 Å². The van der Waals surface area contributed by atoms with E-state index in [9.17, 15) is 0 Å². The highest BCUT2D eigenvalue weighted by Crippen LogP contribution is 2.49. The van der Waals surface area contributed by atoms with Crippen LogP contribution in [0.5, 0.6) is 0 Å². The zero-order chi connectivity index (χ0) is 39.2. The summed E-state index contributed by atoms with van der Waals surface area (Å²) in [5.41, 5.74) is 18.0. The van der Waals surface area contributed by atoms with Crippen molar-refractivity contribution >= 4 is 53.4 Å². The van der Waals surface area contributed by atoms with Crippen LogP contribution in [0.3, 0.4) is 0 Å². The summed E-state index contributed by atoms with van der Waals surface area (Å²) in [6, 6.07) is 66.4. The van der Waals surface area contributed by atoms with E-state index < -0.39 is 0 Å². The highest BCUT2D eigenvalue weighted by Gasteiger charge is 2.35. The maximum Gasteiger partial charge on any atom is 0.159 e. The molecule has 3 nitrogen and oxygen atoms in total. The highest BCUT2D eigenvalue weighted by atomic mass is 32.1. The first-order valence-corrected chi connectivity index (χ1v) is 21.0. The second-order valence-corrected chi connectivity index (χ2v) is 17.3. The molecule has 0 bridgehead atoms. The molecule has 278 valence electrons. The minimum absolute atomic E-state index is 0.0832. The topological polar surface area (TPSA) is 30.7 Å². The number of nitrogens with zero attached hydrogens (tertiary/aromatic N) is 3. The van der Waals surface area contributed by atoms with Gasteiger partial charge in [0.1, 0.15) is 0 Å². The first-order valence-electron chi connectivity index (χ1n) is 20.2. The predicted molar refractivity (Wildman–Crippen MR) is 249 cm³/mol. The molecule has 0 N–H and O–H groups in total. The van der Waals surface area contributed by atoms with Crippen molar-refractivity contribution in [1.82, 2.24) is 14.5 Å². The van der Waals surface area contributed by atoms with E-state index in [1.807, 2.05) is 6.20 Å². The molecule has 0 aliphatic heterocycles. The quantitative estimate of drug-likeness (QED) is 0.174. The van der Waals surface area contributed by atoms with Gasteiger partial charge in [-0.25, -0.2) is 9.97 Å². The van der Waals surface area contributed by atoms with Gasteiger partial charge in [0.25, 0.3) is 0 Å².